The molecule has 3 aromatic carbocycles. The van der Waals surface area contributed by atoms with Gasteiger partial charge in [0.05, 0.1) is 16.6 Å². The molecule has 8 nitrogen and oxygen atoms in total. The number of halogens is 1. The molecule has 4 rings (SSSR count). The van der Waals surface area contributed by atoms with Crippen LogP contribution in [0.3, 0.4) is 0 Å². The number of fused-ring (bicyclic) bond motifs is 1. The Bertz CT molecular complexity index is 1350. The predicted octanol–water partition coefficient (Wildman–Crippen LogP) is 3.76. The fourth-order valence-corrected chi connectivity index (χ4v) is 3.48. The van der Waals surface area contributed by atoms with Crippen LogP contribution in [0.4, 0.5) is 17.1 Å². The Kier molecular flexibility index (Phi) is 6.12. The summed E-state index contributed by atoms with van der Waals surface area (Å²) in [5.74, 6) is -1.12. The molecule has 1 aliphatic rings. The highest BCUT2D eigenvalue weighted by Gasteiger charge is 2.31. The zero-order valence-corrected chi connectivity index (χ0v) is 18.2. The van der Waals surface area contributed by atoms with Crippen molar-refractivity contribution in [2.24, 2.45) is 5.10 Å². The number of hydrogen-bond donors (Lipinski definition) is 2. The first-order valence-corrected chi connectivity index (χ1v) is 10.3. The van der Waals surface area contributed by atoms with E-state index < -0.39 is 16.6 Å². The normalized spacial score (nSPS) is 13.9. The van der Waals surface area contributed by atoms with Gasteiger partial charge in [-0.2, -0.15) is 5.43 Å². The number of nitrogens with one attached hydrogen (secondary N) is 1. The third-order valence-corrected chi connectivity index (χ3v) is 5.38. The second kappa shape index (κ2) is 9.15. The first kappa shape index (κ1) is 22.1. The third-order valence-electron chi connectivity index (χ3n) is 5.13. The molecule has 0 aliphatic heterocycles. The molecule has 0 atom stereocenters. The summed E-state index contributed by atoms with van der Waals surface area (Å²) in [7, 11) is 0. The monoisotopic (exact) mass is 461 g/mol. The van der Waals surface area contributed by atoms with E-state index in [-0.39, 0.29) is 17.0 Å². The quantitative estimate of drug-likeness (QED) is 0.198. The Hall–Kier alpha value is -4.14. The Labute approximate surface area is 193 Å². The molecular weight excluding hydrogens is 444 g/mol. The van der Waals surface area contributed by atoms with Gasteiger partial charge in [0.2, 0.25) is 5.78 Å². The van der Waals surface area contributed by atoms with E-state index in [0.717, 1.165) is 5.56 Å². The van der Waals surface area contributed by atoms with E-state index in [1.54, 1.807) is 61.5 Å². The lowest BCUT2D eigenvalue weighted by Crippen LogP contribution is -2.72. The number of amides is 1. The average molecular weight is 462 g/mol. The first-order valence-electron chi connectivity index (χ1n) is 9.92. The molecule has 1 amide bonds. The van der Waals surface area contributed by atoms with Crippen LogP contribution in [-0.2, 0) is 9.59 Å². The first-order chi connectivity index (χ1) is 15.8. The van der Waals surface area contributed by atoms with Crippen molar-refractivity contribution < 1.29 is 19.9 Å². The second-order valence-corrected chi connectivity index (χ2v) is 7.78. The van der Waals surface area contributed by atoms with Crippen molar-refractivity contribution in [2.75, 3.05) is 5.32 Å². The smallest absolute Gasteiger partial charge is 0.275 e. The van der Waals surface area contributed by atoms with Gasteiger partial charge in [0.15, 0.2) is 11.4 Å². The molecule has 1 aliphatic carbocycles. The number of quaternary nitrogens is 1. The largest absolute Gasteiger partial charge is 0.322 e. The minimum absolute atomic E-state index is 0.0634. The van der Waals surface area contributed by atoms with Crippen LogP contribution < -0.4 is 10.7 Å². The number of Topliss-reactive ketones (excluding diaryl/α,β-unsaturated/α-hetero) is 1. The van der Waals surface area contributed by atoms with Crippen molar-refractivity contribution in [3.63, 3.8) is 0 Å². The van der Waals surface area contributed by atoms with Crippen molar-refractivity contribution in [2.45, 2.75) is 6.92 Å². The molecule has 3 N–H and O–H groups in total. The maximum atomic E-state index is 13.2. The lowest BCUT2D eigenvalue weighted by molar-refractivity contribution is -0.578. The summed E-state index contributed by atoms with van der Waals surface area (Å²) in [6.07, 6.45) is 1.53. The van der Waals surface area contributed by atoms with E-state index in [1.165, 1.54) is 23.6 Å². The standard InChI is InChI=1S/C24H17ClN4O4/c1-14-6-11-18(29(32)33)13-21(14)27-28-22-19-5-3-2-4-15(19)12-20(23(22)30)24(31)26-17-9-7-16(25)8-10-17/h2-13,27H,1H3,(H,26,31)/p+1/b28-22-. The van der Waals surface area contributed by atoms with Crippen molar-refractivity contribution >= 4 is 52.1 Å². The van der Waals surface area contributed by atoms with Gasteiger partial charge in [-0.25, -0.2) is 0 Å². The molecular formula is C24H18ClN4O4+. The summed E-state index contributed by atoms with van der Waals surface area (Å²) in [5.41, 5.74) is 4.35. The number of nitrogens with two attached hydrogens (primary N) is 1. The lowest BCUT2D eigenvalue weighted by Gasteiger charge is -2.16. The van der Waals surface area contributed by atoms with Gasteiger partial charge >= 0.3 is 0 Å². The zero-order valence-electron chi connectivity index (χ0n) is 17.4. The number of hydrogen-bond acceptors (Lipinski definition) is 5. The SMILES string of the molecule is Cc1ccc([N+](=O)[O-])cc1[NH2+]/N=C1\C(=O)C(C(=O)Nc2ccc(Cl)cc2)=Cc2ccccc21. The molecule has 3 aromatic rings. The van der Waals surface area contributed by atoms with Crippen molar-refractivity contribution in [1.29, 1.82) is 0 Å². The lowest BCUT2D eigenvalue weighted by atomic mass is 9.89. The number of nitrogens with zero attached hydrogens (tertiary/aromatic N) is 2. The van der Waals surface area contributed by atoms with E-state index in [2.05, 4.69) is 10.4 Å². The molecule has 9 heteroatoms. The number of carbonyl (C=O) groups is 2. The molecule has 0 saturated carbocycles. The van der Waals surface area contributed by atoms with Gasteiger partial charge in [-0.15, -0.1) is 0 Å². The van der Waals surface area contributed by atoms with Crippen molar-refractivity contribution in [3.8, 4) is 0 Å². The fraction of sp³-hybridized carbons (Fsp3) is 0.0417. The topological polar surface area (TPSA) is 118 Å². The van der Waals surface area contributed by atoms with Crippen LogP contribution in [0.5, 0.6) is 0 Å². The summed E-state index contributed by atoms with van der Waals surface area (Å²) < 4.78 is 0. The van der Waals surface area contributed by atoms with E-state index >= 15 is 0 Å². The van der Waals surface area contributed by atoms with Crippen molar-refractivity contribution in [1.82, 2.24) is 0 Å². The van der Waals surface area contributed by atoms with Crippen molar-refractivity contribution in [3.05, 3.63) is 104 Å². The highest BCUT2D eigenvalue weighted by Crippen LogP contribution is 2.24. The summed E-state index contributed by atoms with van der Waals surface area (Å²) in [4.78, 5) is 36.8. The van der Waals surface area contributed by atoms with Gasteiger partial charge in [-0.1, -0.05) is 41.0 Å². The molecule has 0 saturated heterocycles. The van der Waals surface area contributed by atoms with Crippen LogP contribution in [0, 0.1) is 17.0 Å². The molecule has 33 heavy (non-hydrogen) atoms. The number of ketones is 1. The number of rotatable bonds is 5. The van der Waals surface area contributed by atoms with Gasteiger partial charge in [0.25, 0.3) is 11.6 Å². The molecule has 0 aromatic heterocycles. The summed E-state index contributed by atoms with van der Waals surface area (Å²) >= 11 is 5.88. The number of anilines is 1. The average Bonchev–Trinajstić information content (AvgIpc) is 2.80. The number of carbonyl (C=O) groups excluding carboxylic acids is 2. The van der Waals surface area contributed by atoms with E-state index in [4.69, 9.17) is 11.6 Å². The Morgan fingerprint density at radius 1 is 1.09 bits per heavy atom. The van der Waals surface area contributed by atoms with E-state index in [0.29, 0.717) is 27.5 Å². The predicted molar refractivity (Wildman–Crippen MR) is 125 cm³/mol. The molecule has 164 valence electrons. The minimum atomic E-state index is -0.573. The number of non-ortho nitro benzene ring substituents is 1. The van der Waals surface area contributed by atoms with Gasteiger partial charge in [0, 0.05) is 27.9 Å². The van der Waals surface area contributed by atoms with Gasteiger partial charge in [-0.05, 0) is 48.9 Å². The fourth-order valence-electron chi connectivity index (χ4n) is 3.35. The molecule has 0 heterocycles. The number of aryl methyl sites for hydroxylation is 1. The molecule has 0 radical (unpaired) electrons. The maximum absolute atomic E-state index is 13.2. The highest BCUT2D eigenvalue weighted by atomic mass is 35.5. The van der Waals surface area contributed by atoms with Crippen LogP contribution in [0.1, 0.15) is 16.7 Å². The van der Waals surface area contributed by atoms with Crippen LogP contribution in [0.15, 0.2) is 77.4 Å². The second-order valence-electron chi connectivity index (χ2n) is 7.34. The van der Waals surface area contributed by atoms with Crippen LogP contribution >= 0.6 is 11.6 Å². The molecule has 0 unspecified atom stereocenters. The summed E-state index contributed by atoms with van der Waals surface area (Å²) in [6, 6.07) is 18.0. The van der Waals surface area contributed by atoms with Crippen LogP contribution in [-0.4, -0.2) is 22.3 Å². The van der Waals surface area contributed by atoms with Crippen LogP contribution in [0.2, 0.25) is 5.02 Å². The Balaban J connectivity index is 1.68. The van der Waals surface area contributed by atoms with E-state index in [1.807, 2.05) is 0 Å². The minimum Gasteiger partial charge on any atom is -0.322 e. The van der Waals surface area contributed by atoms with Gasteiger partial charge < -0.3 is 5.32 Å². The summed E-state index contributed by atoms with van der Waals surface area (Å²) in [6.45, 7) is 1.79. The molecule has 0 bridgehead atoms. The molecule has 0 fully saturated rings. The Morgan fingerprint density at radius 2 is 1.82 bits per heavy atom. The number of nitro benzene ring substituents is 1. The van der Waals surface area contributed by atoms with Gasteiger partial charge in [0.1, 0.15) is 0 Å². The maximum Gasteiger partial charge on any atom is 0.275 e. The molecule has 0 spiro atoms. The van der Waals surface area contributed by atoms with Gasteiger partial charge in [-0.3, -0.25) is 19.7 Å². The number of benzene rings is 3. The number of nitro groups is 1. The third kappa shape index (κ3) is 4.72. The highest BCUT2D eigenvalue weighted by molar-refractivity contribution is 6.59. The Morgan fingerprint density at radius 3 is 2.55 bits per heavy atom. The van der Waals surface area contributed by atoms with Crippen LogP contribution in [0.25, 0.3) is 6.08 Å². The zero-order chi connectivity index (χ0) is 23.5. The summed E-state index contributed by atoms with van der Waals surface area (Å²) in [5, 5.41) is 18.7. The van der Waals surface area contributed by atoms with E-state index in [9.17, 15) is 19.7 Å².